The number of nitrogens with zero attached hydrogens (tertiary/aromatic N) is 1. The van der Waals surface area contributed by atoms with Crippen molar-refractivity contribution >= 4 is 23.2 Å². The van der Waals surface area contributed by atoms with E-state index in [0.717, 1.165) is 28.3 Å². The number of para-hydroxylation sites is 1. The molecule has 4 heteroatoms. The van der Waals surface area contributed by atoms with Crippen molar-refractivity contribution in [3.8, 4) is 11.5 Å². The number of carbonyl (C=O) groups is 1. The zero-order valence-corrected chi connectivity index (χ0v) is 12.2. The number of rotatable bonds is 1. The van der Waals surface area contributed by atoms with Gasteiger partial charge in [-0.1, -0.05) is 24.3 Å². The normalized spacial score (nSPS) is 17.8. The Balaban J connectivity index is 1.78. The van der Waals surface area contributed by atoms with E-state index < -0.39 is 0 Å². The van der Waals surface area contributed by atoms with Crippen LogP contribution in [0.3, 0.4) is 0 Å². The summed E-state index contributed by atoms with van der Waals surface area (Å²) in [5.41, 5.74) is 3.54. The van der Waals surface area contributed by atoms with Gasteiger partial charge in [0, 0.05) is 18.2 Å². The third kappa shape index (κ3) is 1.96. The minimum atomic E-state index is 0.0103. The molecule has 0 unspecified atom stereocenters. The third-order valence-electron chi connectivity index (χ3n) is 3.97. The van der Waals surface area contributed by atoms with E-state index in [2.05, 4.69) is 0 Å². The third-order valence-corrected chi connectivity index (χ3v) is 3.97. The molecule has 2 aliphatic heterocycles. The Morgan fingerprint density at radius 2 is 1.82 bits per heavy atom. The highest BCUT2D eigenvalue weighted by atomic mass is 16.6. The molecule has 0 aromatic heterocycles. The second-order valence-electron chi connectivity index (χ2n) is 5.34. The van der Waals surface area contributed by atoms with Gasteiger partial charge >= 0.3 is 0 Å². The van der Waals surface area contributed by atoms with Gasteiger partial charge in [0.25, 0.3) is 5.91 Å². The lowest BCUT2D eigenvalue weighted by atomic mass is 10.0. The Hall–Kier alpha value is -2.75. The van der Waals surface area contributed by atoms with Crippen LogP contribution in [0.2, 0.25) is 0 Å². The van der Waals surface area contributed by atoms with E-state index in [-0.39, 0.29) is 5.91 Å². The quantitative estimate of drug-likeness (QED) is 0.759. The van der Waals surface area contributed by atoms with Crippen molar-refractivity contribution in [2.75, 3.05) is 25.2 Å². The van der Waals surface area contributed by atoms with Crippen LogP contribution in [0.1, 0.15) is 11.1 Å². The molecule has 0 bridgehead atoms. The zero-order chi connectivity index (χ0) is 15.1. The first-order chi connectivity index (χ1) is 10.7. The fraction of sp³-hybridized carbons (Fsp3) is 0.167. The second-order valence-corrected chi connectivity index (χ2v) is 5.34. The van der Waals surface area contributed by atoms with E-state index in [9.17, 15) is 4.79 Å². The molecular weight excluding hydrogens is 278 g/mol. The average molecular weight is 293 g/mol. The zero-order valence-electron chi connectivity index (χ0n) is 12.2. The Bertz CT molecular complexity index is 795. The summed E-state index contributed by atoms with van der Waals surface area (Å²) in [7, 11) is 1.80. The first-order valence-corrected chi connectivity index (χ1v) is 7.23. The number of ether oxygens (including phenoxy) is 2. The van der Waals surface area contributed by atoms with E-state index in [1.807, 2.05) is 48.5 Å². The van der Waals surface area contributed by atoms with Gasteiger partial charge in [-0.05, 0) is 29.8 Å². The SMILES string of the molecule is CN1C(=O)/C(=C\c2ccc3c(c2)OCCO3)c2ccccc21. The van der Waals surface area contributed by atoms with Gasteiger partial charge in [-0.15, -0.1) is 0 Å². The molecule has 0 saturated heterocycles. The van der Waals surface area contributed by atoms with Gasteiger partial charge in [-0.3, -0.25) is 4.79 Å². The molecule has 2 aliphatic rings. The second kappa shape index (κ2) is 4.91. The number of hydrogen-bond acceptors (Lipinski definition) is 3. The van der Waals surface area contributed by atoms with Gasteiger partial charge in [0.15, 0.2) is 11.5 Å². The van der Waals surface area contributed by atoms with Crippen molar-refractivity contribution in [1.29, 1.82) is 0 Å². The van der Waals surface area contributed by atoms with Crippen LogP contribution < -0.4 is 14.4 Å². The Labute approximate surface area is 128 Å². The standard InChI is InChI=1S/C18H15NO3/c1-19-15-5-3-2-4-13(15)14(18(19)20)10-12-6-7-16-17(11-12)22-9-8-21-16/h2-7,10-11H,8-9H2,1H3/b14-10-. The Kier molecular flexibility index (Phi) is 2.89. The summed E-state index contributed by atoms with van der Waals surface area (Å²) in [5, 5.41) is 0. The van der Waals surface area contributed by atoms with Gasteiger partial charge < -0.3 is 14.4 Å². The molecule has 1 amide bonds. The van der Waals surface area contributed by atoms with Crippen LogP contribution in [-0.4, -0.2) is 26.2 Å². The van der Waals surface area contributed by atoms with E-state index in [1.165, 1.54) is 0 Å². The summed E-state index contributed by atoms with van der Waals surface area (Å²) in [4.78, 5) is 14.1. The predicted octanol–water partition coefficient (Wildman–Crippen LogP) is 2.97. The van der Waals surface area contributed by atoms with Gasteiger partial charge in [0.2, 0.25) is 0 Å². The van der Waals surface area contributed by atoms with Crippen LogP contribution in [0.15, 0.2) is 42.5 Å². The molecular formula is C18H15NO3. The summed E-state index contributed by atoms with van der Waals surface area (Å²) in [6.07, 6.45) is 1.91. The molecule has 110 valence electrons. The molecule has 0 spiro atoms. The molecule has 2 aromatic carbocycles. The Morgan fingerprint density at radius 3 is 2.68 bits per heavy atom. The Morgan fingerprint density at radius 1 is 1.05 bits per heavy atom. The maximum atomic E-state index is 12.5. The van der Waals surface area contributed by atoms with Crippen molar-refractivity contribution in [1.82, 2.24) is 0 Å². The molecule has 4 rings (SSSR count). The lowest BCUT2D eigenvalue weighted by molar-refractivity contribution is -0.112. The van der Waals surface area contributed by atoms with Crippen molar-refractivity contribution < 1.29 is 14.3 Å². The van der Waals surface area contributed by atoms with E-state index >= 15 is 0 Å². The number of likely N-dealkylation sites (N-methyl/N-ethyl adjacent to an activating group) is 1. The topological polar surface area (TPSA) is 38.8 Å². The maximum absolute atomic E-state index is 12.5. The van der Waals surface area contributed by atoms with Crippen molar-refractivity contribution in [3.63, 3.8) is 0 Å². The molecule has 4 nitrogen and oxygen atoms in total. The fourth-order valence-electron chi connectivity index (χ4n) is 2.86. The summed E-state index contributed by atoms with van der Waals surface area (Å²) in [6, 6.07) is 13.6. The number of fused-ring (bicyclic) bond motifs is 2. The van der Waals surface area contributed by atoms with Crippen LogP contribution >= 0.6 is 0 Å². The van der Waals surface area contributed by atoms with Gasteiger partial charge in [0.1, 0.15) is 13.2 Å². The number of benzene rings is 2. The minimum absolute atomic E-state index is 0.0103. The molecule has 2 heterocycles. The van der Waals surface area contributed by atoms with E-state index in [4.69, 9.17) is 9.47 Å². The lowest BCUT2D eigenvalue weighted by Crippen LogP contribution is -2.20. The molecule has 0 radical (unpaired) electrons. The van der Waals surface area contributed by atoms with Gasteiger partial charge in [-0.2, -0.15) is 0 Å². The largest absolute Gasteiger partial charge is 0.486 e. The van der Waals surface area contributed by atoms with Gasteiger partial charge in [-0.25, -0.2) is 0 Å². The molecule has 0 N–H and O–H groups in total. The first-order valence-electron chi connectivity index (χ1n) is 7.23. The minimum Gasteiger partial charge on any atom is -0.486 e. The number of anilines is 1. The van der Waals surface area contributed by atoms with Crippen molar-refractivity contribution in [3.05, 3.63) is 53.6 Å². The highest BCUT2D eigenvalue weighted by molar-refractivity contribution is 6.35. The molecule has 2 aromatic rings. The first kappa shape index (κ1) is 13.0. The smallest absolute Gasteiger partial charge is 0.258 e. The summed E-state index contributed by atoms with van der Waals surface area (Å²) in [6.45, 7) is 1.13. The number of carbonyl (C=O) groups excluding carboxylic acids is 1. The number of hydrogen-bond donors (Lipinski definition) is 0. The average Bonchev–Trinajstić information content (AvgIpc) is 2.80. The van der Waals surface area contributed by atoms with Crippen LogP contribution in [0.5, 0.6) is 11.5 Å². The molecule has 0 aliphatic carbocycles. The van der Waals surface area contributed by atoms with Crippen molar-refractivity contribution in [2.45, 2.75) is 0 Å². The van der Waals surface area contributed by atoms with E-state index in [1.54, 1.807) is 11.9 Å². The summed E-state index contributed by atoms with van der Waals surface area (Å²) in [5.74, 6) is 1.49. The van der Waals surface area contributed by atoms with Crippen LogP contribution in [-0.2, 0) is 4.79 Å². The predicted molar refractivity (Wildman–Crippen MR) is 85.2 cm³/mol. The molecule has 22 heavy (non-hydrogen) atoms. The van der Waals surface area contributed by atoms with Crippen LogP contribution in [0.25, 0.3) is 11.6 Å². The summed E-state index contributed by atoms with van der Waals surface area (Å²) >= 11 is 0. The van der Waals surface area contributed by atoms with Gasteiger partial charge in [0.05, 0.1) is 5.69 Å². The fourth-order valence-corrected chi connectivity index (χ4v) is 2.86. The number of amides is 1. The summed E-state index contributed by atoms with van der Waals surface area (Å²) < 4.78 is 11.1. The van der Waals surface area contributed by atoms with Crippen LogP contribution in [0, 0.1) is 0 Å². The lowest BCUT2D eigenvalue weighted by Gasteiger charge is -2.18. The monoisotopic (exact) mass is 293 g/mol. The molecule has 0 fully saturated rings. The molecule has 0 atom stereocenters. The maximum Gasteiger partial charge on any atom is 0.258 e. The highest BCUT2D eigenvalue weighted by Crippen LogP contribution is 2.38. The van der Waals surface area contributed by atoms with E-state index in [0.29, 0.717) is 18.8 Å². The highest BCUT2D eigenvalue weighted by Gasteiger charge is 2.29. The molecule has 0 saturated carbocycles. The van der Waals surface area contributed by atoms with Crippen molar-refractivity contribution in [2.24, 2.45) is 0 Å². The van der Waals surface area contributed by atoms with Crippen LogP contribution in [0.4, 0.5) is 5.69 Å².